The maximum Gasteiger partial charge on any atom is 0.357 e. The van der Waals surface area contributed by atoms with Crippen molar-refractivity contribution in [3.63, 3.8) is 0 Å². The minimum atomic E-state index is -0.462. The van der Waals surface area contributed by atoms with Crippen molar-refractivity contribution in [3.05, 3.63) is 11.1 Å². The summed E-state index contributed by atoms with van der Waals surface area (Å²) < 4.78 is 9.63. The first-order valence-corrected chi connectivity index (χ1v) is 6.67. The highest BCUT2D eigenvalue weighted by atomic mass is 32.1. The molecule has 1 rings (SSSR count). The fourth-order valence-corrected chi connectivity index (χ4v) is 1.84. The largest absolute Gasteiger partial charge is 0.461 e. The third-order valence-electron chi connectivity index (χ3n) is 2.02. The Morgan fingerprint density at radius 2 is 2.26 bits per heavy atom. The Morgan fingerprint density at radius 1 is 1.47 bits per heavy atom. The molecule has 1 heterocycles. The van der Waals surface area contributed by atoms with Gasteiger partial charge in [-0.3, -0.25) is 4.79 Å². The second kappa shape index (κ2) is 8.44. The predicted molar refractivity (Wildman–Crippen MR) is 71.4 cm³/mol. The molecular formula is C11H17N3O4S. The first kappa shape index (κ1) is 15.4. The van der Waals surface area contributed by atoms with Gasteiger partial charge in [-0.1, -0.05) is 0 Å². The van der Waals surface area contributed by atoms with Gasteiger partial charge in [0.2, 0.25) is 5.91 Å². The van der Waals surface area contributed by atoms with Crippen LogP contribution < -0.4 is 10.6 Å². The molecule has 0 aliphatic rings. The van der Waals surface area contributed by atoms with Crippen LogP contribution in [-0.2, 0) is 14.3 Å². The van der Waals surface area contributed by atoms with Crippen LogP contribution in [0.2, 0.25) is 0 Å². The molecular weight excluding hydrogens is 270 g/mol. The molecule has 0 aliphatic carbocycles. The van der Waals surface area contributed by atoms with Crippen molar-refractivity contribution in [2.24, 2.45) is 0 Å². The Kier molecular flexibility index (Phi) is 6.83. The topological polar surface area (TPSA) is 89.5 Å². The fourth-order valence-electron chi connectivity index (χ4n) is 1.16. The van der Waals surface area contributed by atoms with Gasteiger partial charge in [-0.2, -0.15) is 0 Å². The molecule has 0 spiro atoms. The van der Waals surface area contributed by atoms with E-state index in [-0.39, 0.29) is 18.1 Å². The molecule has 1 aromatic rings. The number of thiazole rings is 1. The summed E-state index contributed by atoms with van der Waals surface area (Å²) in [6, 6.07) is 0. The molecule has 0 atom stereocenters. The fraction of sp³-hybridized carbons (Fsp3) is 0.545. The van der Waals surface area contributed by atoms with Crippen LogP contribution in [0, 0.1) is 0 Å². The second-order valence-electron chi connectivity index (χ2n) is 3.45. The van der Waals surface area contributed by atoms with E-state index in [9.17, 15) is 9.59 Å². The Bertz CT molecular complexity index is 422. The Hall–Kier alpha value is -1.67. The third-order valence-corrected chi connectivity index (χ3v) is 2.82. The van der Waals surface area contributed by atoms with E-state index in [4.69, 9.17) is 9.47 Å². The number of anilines is 1. The average Bonchev–Trinajstić information content (AvgIpc) is 2.86. The summed E-state index contributed by atoms with van der Waals surface area (Å²) >= 11 is 1.25. The van der Waals surface area contributed by atoms with Crippen LogP contribution >= 0.6 is 11.3 Å². The van der Waals surface area contributed by atoms with Gasteiger partial charge >= 0.3 is 5.97 Å². The highest BCUT2D eigenvalue weighted by Gasteiger charge is 2.11. The molecule has 106 valence electrons. The lowest BCUT2D eigenvalue weighted by Gasteiger charge is -2.04. The highest BCUT2D eigenvalue weighted by molar-refractivity contribution is 7.13. The minimum absolute atomic E-state index is 0.0967. The van der Waals surface area contributed by atoms with E-state index in [1.165, 1.54) is 11.3 Å². The summed E-state index contributed by atoms with van der Waals surface area (Å²) in [6.07, 6.45) is 0. The van der Waals surface area contributed by atoms with Gasteiger partial charge in [0, 0.05) is 19.0 Å². The molecule has 8 heteroatoms. The molecule has 2 N–H and O–H groups in total. The molecule has 0 saturated heterocycles. The van der Waals surface area contributed by atoms with Crippen LogP contribution in [0.1, 0.15) is 17.4 Å². The number of esters is 1. The second-order valence-corrected chi connectivity index (χ2v) is 4.31. The molecule has 0 radical (unpaired) electrons. The Balaban J connectivity index is 2.33. The number of aromatic nitrogens is 1. The van der Waals surface area contributed by atoms with Gasteiger partial charge in [0.05, 0.1) is 19.8 Å². The van der Waals surface area contributed by atoms with E-state index in [2.05, 4.69) is 15.6 Å². The monoisotopic (exact) mass is 287 g/mol. The molecule has 0 fully saturated rings. The molecule has 0 saturated carbocycles. The Morgan fingerprint density at radius 3 is 2.95 bits per heavy atom. The first-order chi connectivity index (χ1) is 9.17. The van der Waals surface area contributed by atoms with E-state index < -0.39 is 5.97 Å². The molecule has 0 aromatic carbocycles. The molecule has 19 heavy (non-hydrogen) atoms. The van der Waals surface area contributed by atoms with Gasteiger partial charge in [-0.15, -0.1) is 11.3 Å². The number of carbonyl (C=O) groups excluding carboxylic acids is 2. The standard InChI is InChI=1S/C11H17N3O4S/c1-3-18-10(16)8-7-19-11(14-8)13-6-9(15)12-4-5-17-2/h7H,3-6H2,1-2H3,(H,12,15)(H,13,14). The van der Waals surface area contributed by atoms with Gasteiger partial charge in [-0.05, 0) is 6.92 Å². The number of amides is 1. The van der Waals surface area contributed by atoms with Crippen molar-refractivity contribution in [2.45, 2.75) is 6.92 Å². The molecule has 0 unspecified atom stereocenters. The van der Waals surface area contributed by atoms with Crippen molar-refractivity contribution >= 4 is 28.3 Å². The number of carbonyl (C=O) groups is 2. The summed E-state index contributed by atoms with van der Waals surface area (Å²) in [7, 11) is 1.57. The quantitative estimate of drug-likeness (QED) is 0.534. The molecule has 1 aromatic heterocycles. The minimum Gasteiger partial charge on any atom is -0.461 e. The van der Waals surface area contributed by atoms with Gasteiger partial charge in [0.1, 0.15) is 0 Å². The predicted octanol–water partition coefficient (Wildman–Crippen LogP) is 0.494. The van der Waals surface area contributed by atoms with Gasteiger partial charge < -0.3 is 20.1 Å². The molecule has 7 nitrogen and oxygen atoms in total. The maximum absolute atomic E-state index is 11.4. The smallest absolute Gasteiger partial charge is 0.357 e. The lowest BCUT2D eigenvalue weighted by atomic mass is 10.5. The number of nitrogens with zero attached hydrogens (tertiary/aromatic N) is 1. The van der Waals surface area contributed by atoms with Crippen LogP contribution in [0.3, 0.4) is 0 Å². The molecule has 0 bridgehead atoms. The van der Waals surface area contributed by atoms with E-state index in [1.54, 1.807) is 19.4 Å². The third kappa shape index (κ3) is 5.66. The van der Waals surface area contributed by atoms with Crippen molar-refractivity contribution in [2.75, 3.05) is 38.7 Å². The van der Waals surface area contributed by atoms with Gasteiger partial charge in [0.15, 0.2) is 10.8 Å². The zero-order valence-electron chi connectivity index (χ0n) is 10.9. The van der Waals surface area contributed by atoms with Crippen LogP contribution in [-0.4, -0.2) is 50.3 Å². The van der Waals surface area contributed by atoms with Crippen LogP contribution in [0.15, 0.2) is 5.38 Å². The van der Waals surface area contributed by atoms with Crippen molar-refractivity contribution in [3.8, 4) is 0 Å². The van der Waals surface area contributed by atoms with Gasteiger partial charge in [0.25, 0.3) is 0 Å². The number of rotatable bonds is 8. The summed E-state index contributed by atoms with van der Waals surface area (Å²) in [4.78, 5) is 26.8. The van der Waals surface area contributed by atoms with Crippen LogP contribution in [0.5, 0.6) is 0 Å². The number of hydrogen-bond donors (Lipinski definition) is 2. The maximum atomic E-state index is 11.4. The zero-order valence-corrected chi connectivity index (χ0v) is 11.7. The van der Waals surface area contributed by atoms with Gasteiger partial charge in [-0.25, -0.2) is 9.78 Å². The van der Waals surface area contributed by atoms with E-state index in [1.807, 2.05) is 0 Å². The van der Waals surface area contributed by atoms with Crippen molar-refractivity contribution < 1.29 is 19.1 Å². The average molecular weight is 287 g/mol. The summed E-state index contributed by atoms with van der Waals surface area (Å²) in [5.41, 5.74) is 0.245. The van der Waals surface area contributed by atoms with Crippen LogP contribution in [0.25, 0.3) is 0 Å². The molecule has 0 aliphatic heterocycles. The number of ether oxygens (including phenoxy) is 2. The summed E-state index contributed by atoms with van der Waals surface area (Å²) in [5, 5.41) is 7.59. The number of hydrogen-bond acceptors (Lipinski definition) is 7. The molecule has 1 amide bonds. The normalized spacial score (nSPS) is 10.0. The SMILES string of the molecule is CCOC(=O)c1csc(NCC(=O)NCCOC)n1. The van der Waals surface area contributed by atoms with E-state index >= 15 is 0 Å². The van der Waals surface area contributed by atoms with Crippen LogP contribution in [0.4, 0.5) is 5.13 Å². The van der Waals surface area contributed by atoms with E-state index in [0.29, 0.717) is 24.9 Å². The number of nitrogens with one attached hydrogen (secondary N) is 2. The van der Waals surface area contributed by atoms with Crippen molar-refractivity contribution in [1.82, 2.24) is 10.3 Å². The van der Waals surface area contributed by atoms with Crippen molar-refractivity contribution in [1.29, 1.82) is 0 Å². The Labute approximate surface area is 115 Å². The van der Waals surface area contributed by atoms with E-state index in [0.717, 1.165) is 0 Å². The lowest BCUT2D eigenvalue weighted by Crippen LogP contribution is -2.32. The summed E-state index contributed by atoms with van der Waals surface area (Å²) in [6.45, 7) is 3.06. The summed E-state index contributed by atoms with van der Waals surface area (Å²) in [5.74, 6) is -0.624. The first-order valence-electron chi connectivity index (χ1n) is 5.79. The highest BCUT2D eigenvalue weighted by Crippen LogP contribution is 2.15. The lowest BCUT2D eigenvalue weighted by molar-refractivity contribution is -0.119. The number of methoxy groups -OCH3 is 1. The zero-order chi connectivity index (χ0) is 14.1.